The van der Waals surface area contributed by atoms with Crippen LogP contribution in [0.1, 0.15) is 43.9 Å². The van der Waals surface area contributed by atoms with Crippen molar-refractivity contribution in [2.24, 2.45) is 0 Å². The van der Waals surface area contributed by atoms with Gasteiger partial charge in [-0.3, -0.25) is 4.79 Å². The predicted octanol–water partition coefficient (Wildman–Crippen LogP) is 2.49. The molecule has 1 N–H and O–H groups in total. The van der Waals surface area contributed by atoms with Crippen LogP contribution in [-0.2, 0) is 5.41 Å². The van der Waals surface area contributed by atoms with Crippen LogP contribution in [0.5, 0.6) is 0 Å². The number of benzene rings is 1. The molecule has 1 aromatic carbocycles. The molecular formula is C17H23N3O3. The summed E-state index contributed by atoms with van der Waals surface area (Å²) < 4.78 is 5.36. The van der Waals surface area contributed by atoms with Gasteiger partial charge in [0.05, 0.1) is 17.7 Å². The second kappa shape index (κ2) is 6.91. The minimum Gasteiger partial charge on any atom is -0.395 e. The van der Waals surface area contributed by atoms with Gasteiger partial charge in [-0.05, 0) is 19.1 Å². The van der Waals surface area contributed by atoms with Gasteiger partial charge in [-0.1, -0.05) is 38.1 Å². The summed E-state index contributed by atoms with van der Waals surface area (Å²) in [6.45, 7) is 8.61. The molecule has 0 aliphatic heterocycles. The molecule has 0 bridgehead atoms. The highest BCUT2D eigenvalue weighted by atomic mass is 16.5. The summed E-state index contributed by atoms with van der Waals surface area (Å²) in [4.78, 5) is 18.7. The number of rotatable bonds is 5. The Morgan fingerprint density at radius 2 is 2.00 bits per heavy atom. The van der Waals surface area contributed by atoms with Crippen LogP contribution >= 0.6 is 0 Å². The number of hydrogen-bond acceptors (Lipinski definition) is 5. The van der Waals surface area contributed by atoms with E-state index in [0.29, 0.717) is 35.9 Å². The van der Waals surface area contributed by atoms with Gasteiger partial charge in [0.25, 0.3) is 11.8 Å². The number of carbonyl (C=O) groups excluding carboxylic acids is 1. The summed E-state index contributed by atoms with van der Waals surface area (Å²) >= 11 is 0. The molecule has 0 unspecified atom stereocenters. The molecule has 0 aliphatic carbocycles. The van der Waals surface area contributed by atoms with Gasteiger partial charge >= 0.3 is 0 Å². The first-order valence-corrected chi connectivity index (χ1v) is 7.72. The van der Waals surface area contributed by atoms with Crippen molar-refractivity contribution in [1.82, 2.24) is 15.0 Å². The first kappa shape index (κ1) is 17.1. The summed E-state index contributed by atoms with van der Waals surface area (Å²) in [5, 5.41) is 13.1. The molecule has 6 heteroatoms. The summed E-state index contributed by atoms with van der Waals surface area (Å²) in [6.07, 6.45) is 0. The monoisotopic (exact) mass is 317 g/mol. The van der Waals surface area contributed by atoms with Crippen molar-refractivity contribution in [3.63, 3.8) is 0 Å². The van der Waals surface area contributed by atoms with Gasteiger partial charge in [0.15, 0.2) is 5.82 Å². The number of aromatic nitrogens is 2. The van der Waals surface area contributed by atoms with Gasteiger partial charge in [-0.25, -0.2) is 0 Å². The minimum absolute atomic E-state index is 0.0729. The zero-order valence-corrected chi connectivity index (χ0v) is 14.0. The van der Waals surface area contributed by atoms with Crippen molar-refractivity contribution < 1.29 is 14.4 Å². The fourth-order valence-corrected chi connectivity index (χ4v) is 2.19. The van der Waals surface area contributed by atoms with E-state index in [1.807, 2.05) is 33.8 Å². The lowest BCUT2D eigenvalue weighted by Crippen LogP contribution is -2.33. The summed E-state index contributed by atoms with van der Waals surface area (Å²) in [5.74, 6) is 0.768. The SMILES string of the molecule is CCN(CCO)C(=O)c1ccccc1-c1nc(C(C)(C)C)no1. The molecule has 1 aromatic heterocycles. The predicted molar refractivity (Wildman–Crippen MR) is 87.1 cm³/mol. The maximum Gasteiger partial charge on any atom is 0.258 e. The average Bonchev–Trinajstić information content (AvgIpc) is 3.02. The van der Waals surface area contributed by atoms with Gasteiger partial charge in [-0.2, -0.15) is 4.98 Å². The molecule has 2 aromatic rings. The number of aliphatic hydroxyl groups is 1. The van der Waals surface area contributed by atoms with E-state index in [2.05, 4.69) is 10.1 Å². The Morgan fingerprint density at radius 1 is 1.30 bits per heavy atom. The Bertz CT molecular complexity index is 674. The highest BCUT2D eigenvalue weighted by Gasteiger charge is 2.24. The summed E-state index contributed by atoms with van der Waals surface area (Å²) in [6, 6.07) is 7.15. The molecule has 0 fully saturated rings. The van der Waals surface area contributed by atoms with E-state index in [9.17, 15) is 4.79 Å². The highest BCUT2D eigenvalue weighted by Crippen LogP contribution is 2.26. The van der Waals surface area contributed by atoms with E-state index in [0.717, 1.165) is 0 Å². The molecular weight excluding hydrogens is 294 g/mol. The fraction of sp³-hybridized carbons (Fsp3) is 0.471. The van der Waals surface area contributed by atoms with Crippen LogP contribution in [0.3, 0.4) is 0 Å². The van der Waals surface area contributed by atoms with Crippen LogP contribution in [0.4, 0.5) is 0 Å². The fourth-order valence-electron chi connectivity index (χ4n) is 2.19. The first-order chi connectivity index (χ1) is 10.9. The van der Waals surface area contributed by atoms with E-state index < -0.39 is 0 Å². The van der Waals surface area contributed by atoms with Crippen molar-refractivity contribution in [2.45, 2.75) is 33.1 Å². The van der Waals surface area contributed by atoms with Gasteiger partial charge in [0.2, 0.25) is 0 Å². The zero-order chi connectivity index (χ0) is 17.0. The number of hydrogen-bond donors (Lipinski definition) is 1. The maximum absolute atomic E-state index is 12.7. The quantitative estimate of drug-likeness (QED) is 0.916. The Hall–Kier alpha value is -2.21. The average molecular weight is 317 g/mol. The van der Waals surface area contributed by atoms with Crippen LogP contribution in [-0.4, -0.2) is 45.8 Å². The Labute approximate surface area is 136 Å². The second-order valence-electron chi connectivity index (χ2n) is 6.33. The Morgan fingerprint density at radius 3 is 2.57 bits per heavy atom. The van der Waals surface area contributed by atoms with Crippen molar-refractivity contribution in [1.29, 1.82) is 0 Å². The summed E-state index contributed by atoms with van der Waals surface area (Å²) in [5.41, 5.74) is 0.872. The molecule has 0 saturated carbocycles. The zero-order valence-electron chi connectivity index (χ0n) is 14.0. The third-order valence-electron chi connectivity index (χ3n) is 3.52. The van der Waals surface area contributed by atoms with Crippen LogP contribution in [0.25, 0.3) is 11.5 Å². The highest BCUT2D eigenvalue weighted by molar-refractivity contribution is 5.99. The normalized spacial score (nSPS) is 11.5. The molecule has 0 spiro atoms. The van der Waals surface area contributed by atoms with Gasteiger partial charge in [0.1, 0.15) is 0 Å². The Kier molecular flexibility index (Phi) is 5.15. The molecule has 124 valence electrons. The number of amides is 1. The third-order valence-corrected chi connectivity index (χ3v) is 3.52. The number of aliphatic hydroxyl groups excluding tert-OH is 1. The molecule has 0 aliphatic rings. The van der Waals surface area contributed by atoms with E-state index in [1.54, 1.807) is 23.1 Å². The van der Waals surface area contributed by atoms with E-state index in [4.69, 9.17) is 9.63 Å². The van der Waals surface area contributed by atoms with Crippen molar-refractivity contribution >= 4 is 5.91 Å². The third kappa shape index (κ3) is 3.76. The lowest BCUT2D eigenvalue weighted by atomic mass is 9.96. The molecule has 0 atom stereocenters. The molecule has 1 heterocycles. The van der Waals surface area contributed by atoms with Crippen LogP contribution < -0.4 is 0 Å². The molecule has 1 amide bonds. The van der Waals surface area contributed by atoms with E-state index >= 15 is 0 Å². The van der Waals surface area contributed by atoms with Crippen LogP contribution in [0, 0.1) is 0 Å². The molecule has 2 rings (SSSR count). The van der Waals surface area contributed by atoms with Crippen molar-refractivity contribution in [3.05, 3.63) is 35.7 Å². The van der Waals surface area contributed by atoms with Gasteiger partial charge in [0, 0.05) is 18.5 Å². The minimum atomic E-state index is -0.229. The smallest absolute Gasteiger partial charge is 0.258 e. The number of nitrogens with zero attached hydrogens (tertiary/aromatic N) is 3. The van der Waals surface area contributed by atoms with Gasteiger partial charge in [-0.15, -0.1) is 0 Å². The van der Waals surface area contributed by atoms with Gasteiger partial charge < -0.3 is 14.5 Å². The largest absolute Gasteiger partial charge is 0.395 e. The summed E-state index contributed by atoms with van der Waals surface area (Å²) in [7, 11) is 0. The maximum atomic E-state index is 12.7. The standard InChI is InChI=1S/C17H23N3O3/c1-5-20(10-11-21)15(22)13-9-7-6-8-12(13)14-18-16(19-23-14)17(2,3)4/h6-9,21H,5,10-11H2,1-4H3. The number of carbonyl (C=O) groups is 1. The van der Waals surface area contributed by atoms with E-state index in [-0.39, 0.29) is 17.9 Å². The van der Waals surface area contributed by atoms with Crippen molar-refractivity contribution in [3.8, 4) is 11.5 Å². The Balaban J connectivity index is 2.41. The molecule has 0 radical (unpaired) electrons. The first-order valence-electron chi connectivity index (χ1n) is 7.72. The molecule has 23 heavy (non-hydrogen) atoms. The van der Waals surface area contributed by atoms with Crippen LogP contribution in [0.15, 0.2) is 28.8 Å². The van der Waals surface area contributed by atoms with Crippen LogP contribution in [0.2, 0.25) is 0 Å². The van der Waals surface area contributed by atoms with Crippen molar-refractivity contribution in [2.75, 3.05) is 19.7 Å². The number of likely N-dealkylation sites (N-methyl/N-ethyl adjacent to an activating group) is 1. The second-order valence-corrected chi connectivity index (χ2v) is 6.33. The topological polar surface area (TPSA) is 79.5 Å². The molecule has 6 nitrogen and oxygen atoms in total. The molecule has 0 saturated heterocycles. The van der Waals surface area contributed by atoms with E-state index in [1.165, 1.54) is 0 Å². The lowest BCUT2D eigenvalue weighted by molar-refractivity contribution is 0.0732. The lowest BCUT2D eigenvalue weighted by Gasteiger charge is -2.20.